The van der Waals surface area contributed by atoms with Gasteiger partial charge in [0.25, 0.3) is 5.91 Å². The van der Waals surface area contributed by atoms with Crippen LogP contribution in [-0.4, -0.2) is 37.4 Å². The van der Waals surface area contributed by atoms with Gasteiger partial charge in [0.1, 0.15) is 5.75 Å². The highest BCUT2D eigenvalue weighted by Gasteiger charge is 2.31. The SMILES string of the molecule is Nc1c(Cl)cc(C(=O)NCC2CCCN2)c2c1C(=O)CO2. The van der Waals surface area contributed by atoms with Crippen molar-refractivity contribution in [2.24, 2.45) is 0 Å². The number of amides is 1. The Labute approximate surface area is 127 Å². The first-order valence-electron chi connectivity index (χ1n) is 6.87. The van der Waals surface area contributed by atoms with Gasteiger partial charge in [0.05, 0.1) is 21.8 Å². The third kappa shape index (κ3) is 2.56. The van der Waals surface area contributed by atoms with Crippen molar-refractivity contribution in [1.82, 2.24) is 10.6 Å². The van der Waals surface area contributed by atoms with E-state index in [1.54, 1.807) is 0 Å². The molecular formula is C14H16ClN3O3. The van der Waals surface area contributed by atoms with Crippen molar-refractivity contribution in [3.8, 4) is 5.75 Å². The van der Waals surface area contributed by atoms with Crippen molar-refractivity contribution in [2.45, 2.75) is 18.9 Å². The van der Waals surface area contributed by atoms with Gasteiger partial charge in [0, 0.05) is 12.6 Å². The van der Waals surface area contributed by atoms with Crippen LogP contribution >= 0.6 is 11.6 Å². The van der Waals surface area contributed by atoms with Crippen LogP contribution in [0.5, 0.6) is 5.75 Å². The molecule has 112 valence electrons. The molecule has 0 spiro atoms. The molecule has 1 fully saturated rings. The smallest absolute Gasteiger partial charge is 0.255 e. The summed E-state index contributed by atoms with van der Waals surface area (Å²) in [6.07, 6.45) is 2.15. The molecule has 2 heterocycles. The van der Waals surface area contributed by atoms with Gasteiger partial charge in [-0.3, -0.25) is 9.59 Å². The summed E-state index contributed by atoms with van der Waals surface area (Å²) in [5.74, 6) is -0.327. The number of ketones is 1. The average molecular weight is 310 g/mol. The third-order valence-electron chi connectivity index (χ3n) is 3.81. The minimum atomic E-state index is -0.309. The lowest BCUT2D eigenvalue weighted by Gasteiger charge is -2.14. The lowest BCUT2D eigenvalue weighted by molar-refractivity contribution is 0.0935. The Kier molecular flexibility index (Phi) is 3.73. The van der Waals surface area contributed by atoms with Crippen LogP contribution in [0.2, 0.25) is 5.02 Å². The number of hydrogen-bond acceptors (Lipinski definition) is 5. The Morgan fingerprint density at radius 3 is 3.10 bits per heavy atom. The van der Waals surface area contributed by atoms with E-state index in [4.69, 9.17) is 22.1 Å². The monoisotopic (exact) mass is 309 g/mol. The van der Waals surface area contributed by atoms with Crippen molar-refractivity contribution in [3.05, 3.63) is 22.2 Å². The van der Waals surface area contributed by atoms with Crippen molar-refractivity contribution in [1.29, 1.82) is 0 Å². The number of nitrogens with two attached hydrogens (primary N) is 1. The van der Waals surface area contributed by atoms with Crippen LogP contribution in [0.15, 0.2) is 6.07 Å². The maximum absolute atomic E-state index is 12.3. The minimum Gasteiger partial charge on any atom is -0.484 e. The first-order chi connectivity index (χ1) is 10.1. The van der Waals surface area contributed by atoms with Crippen LogP contribution in [0.1, 0.15) is 33.6 Å². The molecule has 1 aromatic carbocycles. The van der Waals surface area contributed by atoms with Gasteiger partial charge in [0.15, 0.2) is 6.61 Å². The molecule has 1 aromatic rings. The Balaban J connectivity index is 1.83. The maximum atomic E-state index is 12.3. The number of nitrogens with one attached hydrogen (secondary N) is 2. The van der Waals surface area contributed by atoms with Gasteiger partial charge in [-0.15, -0.1) is 0 Å². The molecule has 3 rings (SSSR count). The van der Waals surface area contributed by atoms with Gasteiger partial charge in [-0.2, -0.15) is 0 Å². The molecule has 0 aromatic heterocycles. The first-order valence-corrected chi connectivity index (χ1v) is 7.25. The van der Waals surface area contributed by atoms with Crippen molar-refractivity contribution < 1.29 is 14.3 Å². The predicted octanol–water partition coefficient (Wildman–Crippen LogP) is 0.979. The highest BCUT2D eigenvalue weighted by Crippen LogP contribution is 2.38. The van der Waals surface area contributed by atoms with E-state index in [-0.39, 0.29) is 51.9 Å². The van der Waals surface area contributed by atoms with E-state index in [2.05, 4.69) is 10.6 Å². The van der Waals surface area contributed by atoms with Crippen molar-refractivity contribution in [2.75, 3.05) is 25.4 Å². The molecule has 1 saturated heterocycles. The fraction of sp³-hybridized carbons (Fsp3) is 0.429. The summed E-state index contributed by atoms with van der Waals surface area (Å²) in [5.41, 5.74) is 6.43. The molecule has 0 saturated carbocycles. The zero-order chi connectivity index (χ0) is 15.0. The Morgan fingerprint density at radius 1 is 1.57 bits per heavy atom. The summed E-state index contributed by atoms with van der Waals surface area (Å²) >= 11 is 6.01. The third-order valence-corrected chi connectivity index (χ3v) is 4.12. The van der Waals surface area contributed by atoms with Gasteiger partial charge < -0.3 is 21.1 Å². The topological polar surface area (TPSA) is 93.5 Å². The number of Topliss-reactive ketones (excluding diaryl/α,β-unsaturated/α-hetero) is 1. The van der Waals surface area contributed by atoms with Crippen LogP contribution in [-0.2, 0) is 0 Å². The molecule has 6 nitrogen and oxygen atoms in total. The van der Waals surface area contributed by atoms with E-state index >= 15 is 0 Å². The molecule has 21 heavy (non-hydrogen) atoms. The average Bonchev–Trinajstić information content (AvgIpc) is 3.10. The molecule has 7 heteroatoms. The number of benzene rings is 1. The molecule has 1 amide bonds. The van der Waals surface area contributed by atoms with Crippen LogP contribution < -0.4 is 21.1 Å². The number of anilines is 1. The number of carbonyl (C=O) groups excluding carboxylic acids is 2. The summed E-state index contributed by atoms with van der Waals surface area (Å²) in [5, 5.41) is 6.33. The van der Waals surface area contributed by atoms with Crippen molar-refractivity contribution >= 4 is 29.0 Å². The maximum Gasteiger partial charge on any atom is 0.255 e. The number of rotatable bonds is 3. The highest BCUT2D eigenvalue weighted by atomic mass is 35.5. The highest BCUT2D eigenvalue weighted by molar-refractivity contribution is 6.35. The second kappa shape index (κ2) is 5.54. The molecule has 0 bridgehead atoms. The normalized spacial score (nSPS) is 20.2. The fourth-order valence-corrected chi connectivity index (χ4v) is 2.90. The second-order valence-corrected chi connectivity index (χ2v) is 5.65. The predicted molar refractivity (Wildman–Crippen MR) is 79.0 cm³/mol. The number of halogens is 1. The van der Waals surface area contributed by atoms with Crippen LogP contribution in [0.4, 0.5) is 5.69 Å². The number of carbonyl (C=O) groups is 2. The van der Waals surface area contributed by atoms with Gasteiger partial charge in [-0.1, -0.05) is 11.6 Å². The first kappa shape index (κ1) is 14.2. The lowest BCUT2D eigenvalue weighted by atomic mass is 10.0. The summed E-state index contributed by atoms with van der Waals surface area (Å²) in [6.45, 7) is 1.40. The number of ether oxygens (including phenoxy) is 1. The Hall–Kier alpha value is -1.79. The molecule has 2 aliphatic heterocycles. The van der Waals surface area contributed by atoms with Gasteiger partial charge >= 0.3 is 0 Å². The van der Waals surface area contributed by atoms with Gasteiger partial charge in [-0.25, -0.2) is 0 Å². The summed E-state index contributed by atoms with van der Waals surface area (Å²) in [6, 6.07) is 1.74. The molecule has 4 N–H and O–H groups in total. The Bertz CT molecular complexity index is 612. The van der Waals surface area contributed by atoms with E-state index in [1.807, 2.05) is 0 Å². The fourth-order valence-electron chi connectivity index (χ4n) is 2.69. The van der Waals surface area contributed by atoms with E-state index in [9.17, 15) is 9.59 Å². The summed E-state index contributed by atoms with van der Waals surface area (Å²) in [7, 11) is 0. The van der Waals surface area contributed by atoms with E-state index in [0.29, 0.717) is 6.54 Å². The quantitative estimate of drug-likeness (QED) is 0.724. The van der Waals surface area contributed by atoms with Crippen molar-refractivity contribution in [3.63, 3.8) is 0 Å². The second-order valence-electron chi connectivity index (χ2n) is 5.24. The van der Waals surface area contributed by atoms with E-state index < -0.39 is 0 Å². The number of fused-ring (bicyclic) bond motifs is 1. The van der Waals surface area contributed by atoms with Crippen LogP contribution in [0.25, 0.3) is 0 Å². The minimum absolute atomic E-state index is 0.107. The molecule has 0 radical (unpaired) electrons. The molecule has 0 aliphatic carbocycles. The van der Waals surface area contributed by atoms with Crippen LogP contribution in [0.3, 0.4) is 0 Å². The van der Waals surface area contributed by atoms with Gasteiger partial charge in [-0.05, 0) is 25.5 Å². The standard InChI is InChI=1S/C14H16ClN3O3/c15-9-4-8(13-11(12(9)16)10(19)6-21-13)14(20)18-5-7-2-1-3-17-7/h4,7,17H,1-3,5-6,16H2,(H,18,20). The number of nitrogen functional groups attached to an aromatic ring is 1. The lowest BCUT2D eigenvalue weighted by Crippen LogP contribution is -2.37. The van der Waals surface area contributed by atoms with E-state index in [1.165, 1.54) is 6.07 Å². The summed E-state index contributed by atoms with van der Waals surface area (Å²) in [4.78, 5) is 24.1. The molecule has 1 atom stereocenters. The van der Waals surface area contributed by atoms with E-state index in [0.717, 1.165) is 19.4 Å². The zero-order valence-electron chi connectivity index (χ0n) is 11.4. The van der Waals surface area contributed by atoms with Crippen LogP contribution in [0, 0.1) is 0 Å². The summed E-state index contributed by atoms with van der Waals surface area (Å²) < 4.78 is 5.31. The zero-order valence-corrected chi connectivity index (χ0v) is 12.1. The molecular weight excluding hydrogens is 294 g/mol. The Morgan fingerprint density at radius 2 is 2.38 bits per heavy atom. The largest absolute Gasteiger partial charge is 0.484 e. The molecule has 2 aliphatic rings. The number of hydrogen-bond donors (Lipinski definition) is 3. The molecule has 1 unspecified atom stereocenters. The van der Waals surface area contributed by atoms with Gasteiger partial charge in [0.2, 0.25) is 5.78 Å².